The van der Waals surface area contributed by atoms with E-state index in [1.807, 2.05) is 0 Å². The van der Waals surface area contributed by atoms with Gasteiger partial charge >= 0.3 is 0 Å². The van der Waals surface area contributed by atoms with Crippen molar-refractivity contribution in [2.45, 2.75) is 122 Å². The Morgan fingerprint density at radius 2 is 0.826 bits per heavy atom. The second-order valence-corrected chi connectivity index (χ2v) is 9.50. The summed E-state index contributed by atoms with van der Waals surface area (Å²) in [5.74, 6) is 3.17. The fraction of sp³-hybridized carbons (Fsp3) is 1.00. The molecule has 0 heteroatoms. The summed E-state index contributed by atoms with van der Waals surface area (Å²) in [6, 6.07) is 0. The largest absolute Gasteiger partial charge is 0.0625 e. The summed E-state index contributed by atoms with van der Waals surface area (Å²) in [5.41, 5.74) is 0.765. The third kappa shape index (κ3) is 4.55. The molecule has 0 aromatic carbocycles. The molecule has 3 aliphatic carbocycles. The molecule has 0 aromatic rings. The van der Waals surface area contributed by atoms with Gasteiger partial charge in [0.15, 0.2) is 0 Å². The van der Waals surface area contributed by atoms with Gasteiger partial charge in [0.1, 0.15) is 0 Å². The Morgan fingerprint density at radius 3 is 1.22 bits per heavy atom. The average Bonchev–Trinajstić information content (AvgIpc) is 2.48. The van der Waals surface area contributed by atoms with Crippen LogP contribution >= 0.6 is 0 Å². The van der Waals surface area contributed by atoms with Gasteiger partial charge < -0.3 is 0 Å². The Hall–Kier alpha value is 0. The first-order valence-corrected chi connectivity index (χ1v) is 11.3. The summed E-state index contributed by atoms with van der Waals surface area (Å²) in [6.07, 6.45) is 27.8. The molecule has 0 spiro atoms. The average molecular weight is 319 g/mol. The highest BCUT2D eigenvalue weighted by molar-refractivity contribution is 4.95. The third-order valence-electron chi connectivity index (χ3n) is 8.04. The molecule has 3 fully saturated rings. The molecule has 0 nitrogen and oxygen atoms in total. The Bertz CT molecular complexity index is 283. The van der Waals surface area contributed by atoms with Crippen molar-refractivity contribution in [1.82, 2.24) is 0 Å². The second-order valence-electron chi connectivity index (χ2n) is 9.50. The van der Waals surface area contributed by atoms with Crippen LogP contribution in [0.1, 0.15) is 122 Å². The maximum Gasteiger partial charge on any atom is -0.0241 e. The molecular formula is C23H42. The van der Waals surface area contributed by atoms with Crippen LogP contribution in [-0.2, 0) is 0 Å². The Morgan fingerprint density at radius 1 is 0.478 bits per heavy atom. The van der Waals surface area contributed by atoms with Crippen molar-refractivity contribution < 1.29 is 0 Å². The van der Waals surface area contributed by atoms with Crippen LogP contribution in [0.15, 0.2) is 0 Å². The predicted octanol–water partition coefficient (Wildman–Crippen LogP) is 7.90. The lowest BCUT2D eigenvalue weighted by atomic mass is 9.53. The van der Waals surface area contributed by atoms with Crippen LogP contribution < -0.4 is 0 Å². The third-order valence-corrected chi connectivity index (χ3v) is 8.04. The highest BCUT2D eigenvalue weighted by Gasteiger charge is 2.45. The van der Waals surface area contributed by atoms with Crippen LogP contribution in [0.2, 0.25) is 0 Å². The minimum Gasteiger partial charge on any atom is -0.0625 e. The minimum atomic E-state index is 0.765. The van der Waals surface area contributed by atoms with Gasteiger partial charge in [0.2, 0.25) is 0 Å². The van der Waals surface area contributed by atoms with Gasteiger partial charge in [0, 0.05) is 0 Å². The van der Waals surface area contributed by atoms with Gasteiger partial charge in [0.05, 0.1) is 0 Å². The van der Waals surface area contributed by atoms with Gasteiger partial charge in [-0.1, -0.05) is 84.0 Å². The molecule has 0 radical (unpaired) electrons. The van der Waals surface area contributed by atoms with Crippen LogP contribution in [0.4, 0.5) is 0 Å². The van der Waals surface area contributed by atoms with E-state index in [0.29, 0.717) is 0 Å². The fourth-order valence-corrected chi connectivity index (χ4v) is 6.51. The van der Waals surface area contributed by atoms with Gasteiger partial charge in [-0.25, -0.2) is 0 Å². The molecule has 0 aliphatic heterocycles. The summed E-state index contributed by atoms with van der Waals surface area (Å²) in [4.78, 5) is 0. The number of rotatable bonds is 2. The van der Waals surface area contributed by atoms with Crippen LogP contribution in [-0.4, -0.2) is 0 Å². The van der Waals surface area contributed by atoms with Gasteiger partial charge in [0.25, 0.3) is 0 Å². The number of hydrogen-bond donors (Lipinski definition) is 0. The van der Waals surface area contributed by atoms with Crippen LogP contribution in [0.3, 0.4) is 0 Å². The molecule has 0 amide bonds. The van der Waals surface area contributed by atoms with E-state index in [4.69, 9.17) is 0 Å². The summed E-state index contributed by atoms with van der Waals surface area (Å²) in [5, 5.41) is 0. The standard InChI is InChI=1S/C23H42/c1-20-16-18-23(19-17-20,21-12-8-4-2-5-9-13-21)22-14-10-6-3-7-11-15-22/h20-22H,2-19H2,1H3. The SMILES string of the molecule is CC1CCC(C2CCCCCCC2)(C2CCCCCCC2)CC1. The van der Waals surface area contributed by atoms with Crippen molar-refractivity contribution in [2.24, 2.45) is 23.2 Å². The van der Waals surface area contributed by atoms with Crippen LogP contribution in [0.5, 0.6) is 0 Å². The molecule has 134 valence electrons. The Balaban J connectivity index is 1.76. The van der Waals surface area contributed by atoms with Gasteiger partial charge in [-0.3, -0.25) is 0 Å². The van der Waals surface area contributed by atoms with E-state index in [1.165, 1.54) is 77.0 Å². The van der Waals surface area contributed by atoms with Crippen LogP contribution in [0, 0.1) is 23.2 Å². The smallest absolute Gasteiger partial charge is 0.0241 e. The number of hydrogen-bond acceptors (Lipinski definition) is 0. The van der Waals surface area contributed by atoms with E-state index in [-0.39, 0.29) is 0 Å². The lowest BCUT2D eigenvalue weighted by molar-refractivity contribution is -0.0141. The lowest BCUT2D eigenvalue weighted by Crippen LogP contribution is -2.42. The maximum atomic E-state index is 2.51. The zero-order chi connectivity index (χ0) is 16.0. The molecule has 0 unspecified atom stereocenters. The molecular weight excluding hydrogens is 276 g/mol. The van der Waals surface area contributed by atoms with Crippen molar-refractivity contribution in [3.05, 3.63) is 0 Å². The molecule has 23 heavy (non-hydrogen) atoms. The van der Waals surface area contributed by atoms with Crippen LogP contribution in [0.25, 0.3) is 0 Å². The first-order chi connectivity index (χ1) is 11.3. The zero-order valence-electron chi connectivity index (χ0n) is 16.0. The lowest BCUT2D eigenvalue weighted by Gasteiger charge is -2.52. The maximum absolute atomic E-state index is 2.51. The minimum absolute atomic E-state index is 0.765. The van der Waals surface area contributed by atoms with Crippen molar-refractivity contribution >= 4 is 0 Å². The van der Waals surface area contributed by atoms with Crippen molar-refractivity contribution in [3.8, 4) is 0 Å². The van der Waals surface area contributed by atoms with Gasteiger partial charge in [-0.05, 0) is 61.7 Å². The predicted molar refractivity (Wildman–Crippen MR) is 102 cm³/mol. The van der Waals surface area contributed by atoms with E-state index < -0.39 is 0 Å². The molecule has 3 rings (SSSR count). The first-order valence-electron chi connectivity index (χ1n) is 11.3. The summed E-state index contributed by atoms with van der Waals surface area (Å²) in [7, 11) is 0. The van der Waals surface area contributed by atoms with Crippen molar-refractivity contribution in [2.75, 3.05) is 0 Å². The normalized spacial score (nSPS) is 30.1. The molecule has 0 bridgehead atoms. The van der Waals surface area contributed by atoms with Crippen molar-refractivity contribution in [1.29, 1.82) is 0 Å². The highest BCUT2D eigenvalue weighted by Crippen LogP contribution is 2.56. The fourth-order valence-electron chi connectivity index (χ4n) is 6.51. The molecule has 3 saturated carbocycles. The molecule has 0 aromatic heterocycles. The van der Waals surface area contributed by atoms with E-state index in [1.54, 1.807) is 38.5 Å². The van der Waals surface area contributed by atoms with E-state index >= 15 is 0 Å². The molecule has 0 heterocycles. The Kier molecular flexibility index (Phi) is 6.90. The molecule has 3 aliphatic rings. The molecule has 0 atom stereocenters. The topological polar surface area (TPSA) is 0 Å². The van der Waals surface area contributed by atoms with Crippen molar-refractivity contribution in [3.63, 3.8) is 0 Å². The van der Waals surface area contributed by atoms with Gasteiger partial charge in [-0.2, -0.15) is 0 Å². The van der Waals surface area contributed by atoms with Gasteiger partial charge in [-0.15, -0.1) is 0 Å². The molecule has 0 saturated heterocycles. The summed E-state index contributed by atoms with van der Waals surface area (Å²) in [6.45, 7) is 2.51. The van der Waals surface area contributed by atoms with E-state index in [2.05, 4.69) is 6.92 Å². The zero-order valence-corrected chi connectivity index (χ0v) is 16.0. The van der Waals surface area contributed by atoms with E-state index in [0.717, 1.165) is 23.2 Å². The highest BCUT2D eigenvalue weighted by atomic mass is 14.5. The molecule has 0 N–H and O–H groups in total. The first kappa shape index (κ1) is 17.8. The van der Waals surface area contributed by atoms with E-state index in [9.17, 15) is 0 Å². The quantitative estimate of drug-likeness (QED) is 0.485. The summed E-state index contributed by atoms with van der Waals surface area (Å²) < 4.78 is 0. The summed E-state index contributed by atoms with van der Waals surface area (Å²) >= 11 is 0. The second kappa shape index (κ2) is 8.91. The monoisotopic (exact) mass is 318 g/mol. The Labute approximate surface area is 146 Å².